The summed E-state index contributed by atoms with van der Waals surface area (Å²) in [6.07, 6.45) is 7.92. The fourth-order valence-electron chi connectivity index (χ4n) is 1.63. The molecule has 0 aliphatic heterocycles. The van der Waals surface area contributed by atoms with Gasteiger partial charge in [-0.1, -0.05) is 25.8 Å². The van der Waals surface area contributed by atoms with Gasteiger partial charge >= 0.3 is 0 Å². The number of unbranched alkanes of at least 4 members (excludes halogenated alkanes) is 2. The van der Waals surface area contributed by atoms with E-state index < -0.39 is 0 Å². The lowest BCUT2D eigenvalue weighted by Crippen LogP contribution is -2.04. The zero-order chi connectivity index (χ0) is 11.8. The maximum atomic E-state index is 9.68. The Morgan fingerprint density at radius 3 is 2.81 bits per heavy atom. The van der Waals surface area contributed by atoms with Crippen molar-refractivity contribution in [3.8, 4) is 0 Å². The molecule has 0 aliphatic rings. The number of nitrogens with zero attached hydrogens (tertiary/aromatic N) is 1. The highest BCUT2D eigenvalue weighted by molar-refractivity contribution is 5.49. The Morgan fingerprint density at radius 1 is 1.44 bits per heavy atom. The second kappa shape index (κ2) is 7.18. The first-order valence-corrected chi connectivity index (χ1v) is 6.03. The highest BCUT2D eigenvalue weighted by Crippen LogP contribution is 2.16. The van der Waals surface area contributed by atoms with Crippen LogP contribution in [0.25, 0.3) is 6.08 Å². The SMILES string of the molecule is CCCCC/C(=C\c1ccccn1)C(C)O. The minimum absolute atomic E-state index is 0.376. The highest BCUT2D eigenvalue weighted by Gasteiger charge is 2.05. The molecule has 0 saturated heterocycles. The zero-order valence-electron chi connectivity index (χ0n) is 10.2. The van der Waals surface area contributed by atoms with Crippen LogP contribution in [0.5, 0.6) is 0 Å². The molecule has 2 nitrogen and oxygen atoms in total. The maximum absolute atomic E-state index is 9.68. The standard InChI is InChI=1S/C14H21NO/c1-3-4-5-8-13(12(2)16)11-14-9-6-7-10-15-14/h6-7,9-12,16H,3-5,8H2,1-2H3/b13-11+. The minimum atomic E-state index is -0.376. The van der Waals surface area contributed by atoms with E-state index in [-0.39, 0.29) is 6.10 Å². The Bertz CT molecular complexity index is 317. The molecule has 1 N–H and O–H groups in total. The lowest BCUT2D eigenvalue weighted by atomic mass is 10.0. The van der Waals surface area contributed by atoms with Crippen molar-refractivity contribution in [2.24, 2.45) is 0 Å². The molecule has 2 heteroatoms. The summed E-state index contributed by atoms with van der Waals surface area (Å²) in [5.74, 6) is 0. The molecule has 0 fully saturated rings. The zero-order valence-corrected chi connectivity index (χ0v) is 10.2. The van der Waals surface area contributed by atoms with E-state index in [0.717, 1.165) is 24.1 Å². The van der Waals surface area contributed by atoms with Crippen LogP contribution in [0.4, 0.5) is 0 Å². The smallest absolute Gasteiger partial charge is 0.0725 e. The lowest BCUT2D eigenvalue weighted by molar-refractivity contribution is 0.227. The predicted octanol–water partition coefficient (Wildman–Crippen LogP) is 3.43. The Kier molecular flexibility index (Phi) is 5.79. The molecule has 16 heavy (non-hydrogen) atoms. The highest BCUT2D eigenvalue weighted by atomic mass is 16.3. The number of hydrogen-bond donors (Lipinski definition) is 1. The van der Waals surface area contributed by atoms with Gasteiger partial charge in [-0.05, 0) is 43.5 Å². The van der Waals surface area contributed by atoms with Crippen LogP contribution in [-0.2, 0) is 0 Å². The molecule has 88 valence electrons. The number of rotatable bonds is 6. The molecule has 1 aromatic heterocycles. The van der Waals surface area contributed by atoms with Gasteiger partial charge in [0.05, 0.1) is 11.8 Å². The van der Waals surface area contributed by atoms with Crippen molar-refractivity contribution < 1.29 is 5.11 Å². The van der Waals surface area contributed by atoms with Gasteiger partial charge in [-0.25, -0.2) is 0 Å². The van der Waals surface area contributed by atoms with E-state index in [1.54, 1.807) is 6.20 Å². The number of aliphatic hydroxyl groups is 1. The third-order valence-electron chi connectivity index (χ3n) is 2.63. The molecule has 0 aromatic carbocycles. The molecule has 1 heterocycles. The molecule has 1 unspecified atom stereocenters. The molecule has 0 bridgehead atoms. The molecule has 0 spiro atoms. The van der Waals surface area contributed by atoms with Crippen LogP contribution in [0.3, 0.4) is 0 Å². The van der Waals surface area contributed by atoms with Crippen molar-refractivity contribution >= 4 is 6.08 Å². The van der Waals surface area contributed by atoms with Gasteiger partial charge < -0.3 is 5.11 Å². The van der Waals surface area contributed by atoms with Crippen molar-refractivity contribution in [3.63, 3.8) is 0 Å². The maximum Gasteiger partial charge on any atom is 0.0725 e. The van der Waals surface area contributed by atoms with E-state index in [2.05, 4.69) is 11.9 Å². The van der Waals surface area contributed by atoms with E-state index in [0.29, 0.717) is 0 Å². The van der Waals surface area contributed by atoms with Crippen LogP contribution in [-0.4, -0.2) is 16.2 Å². The summed E-state index contributed by atoms with van der Waals surface area (Å²) in [6.45, 7) is 4.01. The summed E-state index contributed by atoms with van der Waals surface area (Å²) in [6, 6.07) is 5.82. The van der Waals surface area contributed by atoms with Crippen molar-refractivity contribution in [2.45, 2.75) is 45.6 Å². The molecule has 0 radical (unpaired) electrons. The average Bonchev–Trinajstić information content (AvgIpc) is 2.29. The number of pyridine rings is 1. The van der Waals surface area contributed by atoms with Gasteiger partial charge in [0.15, 0.2) is 0 Å². The summed E-state index contributed by atoms with van der Waals surface area (Å²) in [5, 5.41) is 9.68. The van der Waals surface area contributed by atoms with E-state index in [9.17, 15) is 5.11 Å². The normalized spacial score (nSPS) is 13.8. The van der Waals surface area contributed by atoms with Crippen LogP contribution in [0, 0.1) is 0 Å². The van der Waals surface area contributed by atoms with E-state index in [4.69, 9.17) is 0 Å². The van der Waals surface area contributed by atoms with Crippen molar-refractivity contribution in [1.29, 1.82) is 0 Å². The third kappa shape index (κ3) is 4.58. The van der Waals surface area contributed by atoms with Crippen LogP contribution in [0.15, 0.2) is 30.0 Å². The van der Waals surface area contributed by atoms with Gasteiger partial charge in [-0.2, -0.15) is 0 Å². The second-order valence-corrected chi connectivity index (χ2v) is 4.11. The lowest BCUT2D eigenvalue weighted by Gasteiger charge is -2.10. The fraction of sp³-hybridized carbons (Fsp3) is 0.500. The molecule has 1 rings (SSSR count). The van der Waals surface area contributed by atoms with Gasteiger partial charge in [0.1, 0.15) is 0 Å². The van der Waals surface area contributed by atoms with Crippen LogP contribution in [0.1, 0.15) is 45.2 Å². The Morgan fingerprint density at radius 2 is 2.25 bits per heavy atom. The Labute approximate surface area is 98.0 Å². The van der Waals surface area contributed by atoms with E-state index >= 15 is 0 Å². The minimum Gasteiger partial charge on any atom is -0.389 e. The number of aromatic nitrogens is 1. The summed E-state index contributed by atoms with van der Waals surface area (Å²) in [7, 11) is 0. The quantitative estimate of drug-likeness (QED) is 0.744. The third-order valence-corrected chi connectivity index (χ3v) is 2.63. The van der Waals surface area contributed by atoms with Crippen LogP contribution >= 0.6 is 0 Å². The van der Waals surface area contributed by atoms with Gasteiger partial charge in [-0.15, -0.1) is 0 Å². The van der Waals surface area contributed by atoms with Gasteiger partial charge in [0.25, 0.3) is 0 Å². The summed E-state index contributed by atoms with van der Waals surface area (Å²) in [5.41, 5.74) is 2.00. The second-order valence-electron chi connectivity index (χ2n) is 4.11. The number of hydrogen-bond acceptors (Lipinski definition) is 2. The first-order chi connectivity index (χ1) is 7.74. The Balaban J connectivity index is 2.66. The number of aliphatic hydroxyl groups excluding tert-OH is 1. The predicted molar refractivity (Wildman–Crippen MR) is 68.0 cm³/mol. The molecule has 0 amide bonds. The monoisotopic (exact) mass is 219 g/mol. The van der Waals surface area contributed by atoms with Crippen LogP contribution in [0.2, 0.25) is 0 Å². The topological polar surface area (TPSA) is 33.1 Å². The van der Waals surface area contributed by atoms with Crippen molar-refractivity contribution in [3.05, 3.63) is 35.7 Å². The summed E-state index contributed by atoms with van der Waals surface area (Å²) in [4.78, 5) is 4.24. The molecule has 1 atom stereocenters. The summed E-state index contributed by atoms with van der Waals surface area (Å²) >= 11 is 0. The molecule has 1 aromatic rings. The fourth-order valence-corrected chi connectivity index (χ4v) is 1.63. The van der Waals surface area contributed by atoms with E-state index in [1.807, 2.05) is 31.2 Å². The van der Waals surface area contributed by atoms with Crippen molar-refractivity contribution in [1.82, 2.24) is 4.98 Å². The molecule has 0 saturated carbocycles. The molecule has 0 aliphatic carbocycles. The first kappa shape index (κ1) is 12.9. The Hall–Kier alpha value is -1.15. The van der Waals surface area contributed by atoms with E-state index in [1.165, 1.54) is 12.8 Å². The summed E-state index contributed by atoms with van der Waals surface area (Å²) < 4.78 is 0. The van der Waals surface area contributed by atoms with Gasteiger partial charge in [-0.3, -0.25) is 4.98 Å². The van der Waals surface area contributed by atoms with Crippen LogP contribution < -0.4 is 0 Å². The molecular weight excluding hydrogens is 198 g/mol. The van der Waals surface area contributed by atoms with Crippen molar-refractivity contribution in [2.75, 3.05) is 0 Å². The average molecular weight is 219 g/mol. The first-order valence-electron chi connectivity index (χ1n) is 6.03. The van der Waals surface area contributed by atoms with Gasteiger partial charge in [0.2, 0.25) is 0 Å². The largest absolute Gasteiger partial charge is 0.389 e. The molecular formula is C14H21NO. The van der Waals surface area contributed by atoms with Gasteiger partial charge in [0, 0.05) is 6.20 Å².